The standard InChI is InChI=1S/C18H16N2/c1-14-7-5-6-10-16(14)18(13-20)17(11-12-19)15-8-3-2-4-9-15/h2-10,17-18H,11H2,1H3/t17-,18+/m0/s1. The van der Waals surface area contributed by atoms with Gasteiger partial charge in [-0.2, -0.15) is 10.5 Å². The lowest BCUT2D eigenvalue weighted by Gasteiger charge is -2.21. The summed E-state index contributed by atoms with van der Waals surface area (Å²) in [5, 5.41) is 18.7. The highest BCUT2D eigenvalue weighted by molar-refractivity contribution is 5.38. The van der Waals surface area contributed by atoms with Gasteiger partial charge in [-0.15, -0.1) is 0 Å². The lowest BCUT2D eigenvalue weighted by molar-refractivity contribution is 0.638. The number of hydrogen-bond donors (Lipinski definition) is 0. The minimum atomic E-state index is -0.293. The smallest absolute Gasteiger partial charge is 0.0793 e. The number of hydrogen-bond acceptors (Lipinski definition) is 2. The Balaban J connectivity index is 2.45. The summed E-state index contributed by atoms with van der Waals surface area (Å²) in [5.74, 6) is -0.384. The van der Waals surface area contributed by atoms with Crippen LogP contribution in [0.25, 0.3) is 0 Å². The van der Waals surface area contributed by atoms with E-state index in [9.17, 15) is 5.26 Å². The number of rotatable bonds is 4. The van der Waals surface area contributed by atoms with Crippen molar-refractivity contribution in [3.63, 3.8) is 0 Å². The Morgan fingerprint density at radius 1 is 0.950 bits per heavy atom. The molecule has 2 atom stereocenters. The molecule has 0 aliphatic carbocycles. The average Bonchev–Trinajstić information content (AvgIpc) is 2.50. The van der Waals surface area contributed by atoms with Gasteiger partial charge in [0.25, 0.3) is 0 Å². The van der Waals surface area contributed by atoms with Gasteiger partial charge in [0, 0.05) is 12.3 Å². The zero-order valence-electron chi connectivity index (χ0n) is 11.5. The average molecular weight is 260 g/mol. The Kier molecular flexibility index (Phi) is 4.53. The van der Waals surface area contributed by atoms with Gasteiger partial charge in [-0.1, -0.05) is 54.6 Å². The SMILES string of the molecule is Cc1ccccc1[C@@H](C#N)[C@@H](CC#N)c1ccccc1. The van der Waals surface area contributed by atoms with E-state index in [1.807, 2.05) is 61.5 Å². The third-order valence-corrected chi connectivity index (χ3v) is 3.60. The van der Waals surface area contributed by atoms with E-state index >= 15 is 0 Å². The van der Waals surface area contributed by atoms with Gasteiger partial charge >= 0.3 is 0 Å². The molecule has 0 aliphatic rings. The monoisotopic (exact) mass is 260 g/mol. The topological polar surface area (TPSA) is 47.6 Å². The zero-order valence-corrected chi connectivity index (χ0v) is 11.5. The molecule has 0 N–H and O–H groups in total. The predicted octanol–water partition coefficient (Wildman–Crippen LogP) is 4.30. The molecule has 0 saturated carbocycles. The first-order valence-electron chi connectivity index (χ1n) is 6.65. The highest BCUT2D eigenvalue weighted by atomic mass is 14.3. The Morgan fingerprint density at radius 3 is 2.20 bits per heavy atom. The van der Waals surface area contributed by atoms with E-state index < -0.39 is 0 Å². The van der Waals surface area contributed by atoms with Crippen molar-refractivity contribution in [2.24, 2.45) is 0 Å². The Labute approximate surface area is 119 Å². The molecular formula is C18H16N2. The fourth-order valence-corrected chi connectivity index (χ4v) is 2.54. The molecule has 0 fully saturated rings. The predicted molar refractivity (Wildman–Crippen MR) is 78.9 cm³/mol. The van der Waals surface area contributed by atoms with Crippen molar-refractivity contribution in [1.29, 1.82) is 10.5 Å². The van der Waals surface area contributed by atoms with Crippen LogP contribution in [0.1, 0.15) is 34.9 Å². The van der Waals surface area contributed by atoms with Crippen LogP contribution < -0.4 is 0 Å². The second-order valence-electron chi connectivity index (χ2n) is 4.84. The van der Waals surface area contributed by atoms with Crippen molar-refractivity contribution in [3.8, 4) is 12.1 Å². The summed E-state index contributed by atoms with van der Waals surface area (Å²) in [6, 6.07) is 22.3. The molecule has 2 rings (SSSR count). The third-order valence-electron chi connectivity index (χ3n) is 3.60. The fourth-order valence-electron chi connectivity index (χ4n) is 2.54. The van der Waals surface area contributed by atoms with Crippen molar-refractivity contribution in [2.75, 3.05) is 0 Å². The Morgan fingerprint density at radius 2 is 1.60 bits per heavy atom. The molecule has 2 heteroatoms. The summed E-state index contributed by atoms with van der Waals surface area (Å²) < 4.78 is 0. The van der Waals surface area contributed by atoms with Crippen LogP contribution in [0.2, 0.25) is 0 Å². The number of benzene rings is 2. The number of nitriles is 2. The van der Waals surface area contributed by atoms with Crippen LogP contribution in [0.15, 0.2) is 54.6 Å². The van der Waals surface area contributed by atoms with Crippen molar-refractivity contribution in [3.05, 3.63) is 71.3 Å². The van der Waals surface area contributed by atoms with Gasteiger partial charge < -0.3 is 0 Å². The maximum Gasteiger partial charge on any atom is 0.0793 e. The maximum atomic E-state index is 9.60. The first-order chi connectivity index (χ1) is 9.77. The van der Waals surface area contributed by atoms with Crippen molar-refractivity contribution >= 4 is 0 Å². The zero-order chi connectivity index (χ0) is 14.4. The van der Waals surface area contributed by atoms with E-state index in [1.165, 1.54) is 0 Å². The van der Waals surface area contributed by atoms with E-state index in [0.29, 0.717) is 6.42 Å². The van der Waals surface area contributed by atoms with Gasteiger partial charge in [-0.25, -0.2) is 0 Å². The molecule has 2 nitrogen and oxygen atoms in total. The Hall–Kier alpha value is -2.58. The van der Waals surface area contributed by atoms with E-state index in [0.717, 1.165) is 16.7 Å². The highest BCUT2D eigenvalue weighted by Crippen LogP contribution is 2.36. The summed E-state index contributed by atoms with van der Waals surface area (Å²) in [6.07, 6.45) is 0.344. The van der Waals surface area contributed by atoms with Crippen LogP contribution in [-0.4, -0.2) is 0 Å². The third kappa shape index (κ3) is 2.87. The molecule has 0 saturated heterocycles. The molecule has 0 heterocycles. The van der Waals surface area contributed by atoms with Gasteiger partial charge in [0.05, 0.1) is 18.1 Å². The molecule has 0 aromatic heterocycles. The fraction of sp³-hybridized carbons (Fsp3) is 0.222. The molecular weight excluding hydrogens is 244 g/mol. The molecule has 0 radical (unpaired) electrons. The molecule has 0 aliphatic heterocycles. The van der Waals surface area contributed by atoms with Gasteiger partial charge in [0.1, 0.15) is 0 Å². The lowest BCUT2D eigenvalue weighted by Crippen LogP contribution is -2.11. The van der Waals surface area contributed by atoms with Gasteiger partial charge in [-0.3, -0.25) is 0 Å². The quantitative estimate of drug-likeness (QED) is 0.822. The maximum absolute atomic E-state index is 9.60. The van der Waals surface area contributed by atoms with E-state index in [-0.39, 0.29) is 11.8 Å². The minimum absolute atomic E-state index is 0.0905. The van der Waals surface area contributed by atoms with Gasteiger partial charge in [0.2, 0.25) is 0 Å². The summed E-state index contributed by atoms with van der Waals surface area (Å²) in [5.41, 5.74) is 3.15. The summed E-state index contributed by atoms with van der Waals surface area (Å²) in [4.78, 5) is 0. The van der Waals surface area contributed by atoms with Gasteiger partial charge in [-0.05, 0) is 23.6 Å². The van der Waals surface area contributed by atoms with E-state index in [1.54, 1.807) is 0 Å². The molecule has 0 unspecified atom stereocenters. The normalized spacial score (nSPS) is 12.9. The first-order valence-corrected chi connectivity index (χ1v) is 6.65. The van der Waals surface area contributed by atoms with Crippen molar-refractivity contribution in [2.45, 2.75) is 25.2 Å². The molecule has 0 bridgehead atoms. The van der Waals surface area contributed by atoms with Crippen LogP contribution >= 0.6 is 0 Å². The molecule has 2 aromatic carbocycles. The lowest BCUT2D eigenvalue weighted by atomic mass is 9.79. The first kappa shape index (κ1) is 13.8. The van der Waals surface area contributed by atoms with Crippen LogP contribution in [0.4, 0.5) is 0 Å². The summed E-state index contributed by atoms with van der Waals surface area (Å²) >= 11 is 0. The highest BCUT2D eigenvalue weighted by Gasteiger charge is 2.25. The van der Waals surface area contributed by atoms with Crippen LogP contribution in [-0.2, 0) is 0 Å². The molecule has 20 heavy (non-hydrogen) atoms. The van der Waals surface area contributed by atoms with Crippen molar-refractivity contribution < 1.29 is 0 Å². The summed E-state index contributed by atoms with van der Waals surface area (Å²) in [6.45, 7) is 2.01. The molecule has 2 aromatic rings. The van der Waals surface area contributed by atoms with Crippen LogP contribution in [0.5, 0.6) is 0 Å². The molecule has 98 valence electrons. The second-order valence-corrected chi connectivity index (χ2v) is 4.84. The Bertz CT molecular complexity index is 647. The minimum Gasteiger partial charge on any atom is -0.198 e. The molecule has 0 amide bonds. The van der Waals surface area contributed by atoms with Crippen LogP contribution in [0.3, 0.4) is 0 Å². The van der Waals surface area contributed by atoms with Gasteiger partial charge in [0.15, 0.2) is 0 Å². The largest absolute Gasteiger partial charge is 0.198 e. The van der Waals surface area contributed by atoms with E-state index in [2.05, 4.69) is 12.1 Å². The number of aryl methyl sites for hydroxylation is 1. The second kappa shape index (κ2) is 6.55. The van der Waals surface area contributed by atoms with Crippen molar-refractivity contribution in [1.82, 2.24) is 0 Å². The molecule has 0 spiro atoms. The summed E-state index contributed by atoms with van der Waals surface area (Å²) in [7, 11) is 0. The van der Waals surface area contributed by atoms with E-state index in [4.69, 9.17) is 5.26 Å². The van der Waals surface area contributed by atoms with Crippen LogP contribution in [0, 0.1) is 29.6 Å². The number of nitrogens with zero attached hydrogens (tertiary/aromatic N) is 2.